The first-order chi connectivity index (χ1) is 14.6. The fourth-order valence-electron chi connectivity index (χ4n) is 3.40. The zero-order valence-electron chi connectivity index (χ0n) is 16.8. The van der Waals surface area contributed by atoms with Crippen LogP contribution in [0.2, 0.25) is 0 Å². The number of aliphatic hydroxyl groups excluding tert-OH is 1. The normalized spacial score (nSPS) is 17.9. The first-order valence-electron chi connectivity index (χ1n) is 9.60. The summed E-state index contributed by atoms with van der Waals surface area (Å²) < 4.78 is 10.6. The molecule has 30 heavy (non-hydrogen) atoms. The molecule has 7 heteroatoms. The number of rotatable bonds is 9. The van der Waals surface area contributed by atoms with E-state index in [1.165, 1.54) is 17.3 Å². The molecular weight excluding hydrogens is 384 g/mol. The summed E-state index contributed by atoms with van der Waals surface area (Å²) >= 11 is 0. The van der Waals surface area contributed by atoms with Gasteiger partial charge in [-0.25, -0.2) is 0 Å². The van der Waals surface area contributed by atoms with Crippen molar-refractivity contribution in [1.82, 2.24) is 9.88 Å². The molecule has 3 rings (SSSR count). The number of carbonyl (C=O) groups excluding carboxylic acids is 2. The van der Waals surface area contributed by atoms with Gasteiger partial charge in [0.05, 0.1) is 11.6 Å². The molecule has 1 atom stereocenters. The van der Waals surface area contributed by atoms with Crippen LogP contribution in [-0.2, 0) is 14.3 Å². The van der Waals surface area contributed by atoms with E-state index in [0.29, 0.717) is 43.1 Å². The van der Waals surface area contributed by atoms with E-state index in [1.807, 2.05) is 0 Å². The molecule has 0 radical (unpaired) electrons. The van der Waals surface area contributed by atoms with Gasteiger partial charge in [-0.2, -0.15) is 0 Å². The van der Waals surface area contributed by atoms with Gasteiger partial charge >= 0.3 is 0 Å². The van der Waals surface area contributed by atoms with E-state index in [9.17, 15) is 14.7 Å². The number of nitrogens with zero attached hydrogens (tertiary/aromatic N) is 2. The molecule has 1 saturated heterocycles. The maximum atomic E-state index is 12.9. The van der Waals surface area contributed by atoms with Crippen molar-refractivity contribution in [2.75, 3.05) is 26.9 Å². The number of amides is 1. The van der Waals surface area contributed by atoms with E-state index < -0.39 is 17.7 Å². The Labute approximate surface area is 175 Å². The highest BCUT2D eigenvalue weighted by Crippen LogP contribution is 2.39. The number of benzene rings is 1. The third-order valence-electron chi connectivity index (χ3n) is 4.80. The van der Waals surface area contributed by atoms with E-state index in [0.717, 1.165) is 0 Å². The molecule has 2 aromatic rings. The SMILES string of the molecule is C=CCOc1ccc(C2/C(=C(\O)c3ccncc3)C(=O)C(=O)N2CCCOC)cc1. The lowest BCUT2D eigenvalue weighted by atomic mass is 9.95. The van der Waals surface area contributed by atoms with Gasteiger partial charge in [0.2, 0.25) is 0 Å². The van der Waals surface area contributed by atoms with Crippen LogP contribution < -0.4 is 4.74 Å². The van der Waals surface area contributed by atoms with Gasteiger partial charge in [0, 0.05) is 38.2 Å². The van der Waals surface area contributed by atoms with Crippen molar-refractivity contribution in [3.05, 3.63) is 78.1 Å². The van der Waals surface area contributed by atoms with Gasteiger partial charge in [-0.1, -0.05) is 24.8 Å². The lowest BCUT2D eigenvalue weighted by Gasteiger charge is -2.25. The van der Waals surface area contributed by atoms with E-state index in [1.54, 1.807) is 49.6 Å². The Morgan fingerprint density at radius 2 is 1.90 bits per heavy atom. The number of ether oxygens (including phenoxy) is 2. The zero-order valence-corrected chi connectivity index (χ0v) is 16.8. The van der Waals surface area contributed by atoms with Crippen molar-refractivity contribution in [3.8, 4) is 5.75 Å². The summed E-state index contributed by atoms with van der Waals surface area (Å²) in [7, 11) is 1.58. The first kappa shape index (κ1) is 21.3. The average Bonchev–Trinajstić information content (AvgIpc) is 3.03. The molecule has 0 saturated carbocycles. The molecule has 1 aromatic heterocycles. The van der Waals surface area contributed by atoms with E-state index >= 15 is 0 Å². The minimum atomic E-state index is -0.710. The highest BCUT2D eigenvalue weighted by Gasteiger charge is 2.45. The van der Waals surface area contributed by atoms with Crippen molar-refractivity contribution in [1.29, 1.82) is 0 Å². The molecule has 1 aromatic carbocycles. The summed E-state index contributed by atoms with van der Waals surface area (Å²) in [6.45, 7) is 4.77. The topological polar surface area (TPSA) is 89.0 Å². The zero-order chi connectivity index (χ0) is 21.5. The van der Waals surface area contributed by atoms with E-state index in [4.69, 9.17) is 9.47 Å². The molecule has 1 N–H and O–H groups in total. The van der Waals surface area contributed by atoms with E-state index in [-0.39, 0.29) is 11.3 Å². The van der Waals surface area contributed by atoms with Gasteiger partial charge in [0.1, 0.15) is 18.1 Å². The molecule has 7 nitrogen and oxygen atoms in total. The third-order valence-corrected chi connectivity index (χ3v) is 4.80. The lowest BCUT2D eigenvalue weighted by molar-refractivity contribution is -0.140. The minimum Gasteiger partial charge on any atom is -0.507 e. The Morgan fingerprint density at radius 3 is 2.53 bits per heavy atom. The Morgan fingerprint density at radius 1 is 1.20 bits per heavy atom. The van der Waals surface area contributed by atoms with Crippen LogP contribution in [0, 0.1) is 0 Å². The summed E-state index contributed by atoms with van der Waals surface area (Å²) in [5.74, 6) is -0.927. The molecule has 0 aliphatic carbocycles. The standard InChI is InChI=1S/C23H24N2O5/c1-3-14-30-18-7-5-16(6-8-18)20-19(21(26)17-9-11-24-12-10-17)22(27)23(28)25(20)13-4-15-29-2/h3,5-12,20,26H,1,4,13-15H2,2H3/b21-19+. The van der Waals surface area contributed by atoms with Crippen molar-refractivity contribution < 1.29 is 24.2 Å². The molecule has 1 aliphatic heterocycles. The van der Waals surface area contributed by atoms with Crippen molar-refractivity contribution in [2.45, 2.75) is 12.5 Å². The van der Waals surface area contributed by atoms with Crippen LogP contribution in [0.4, 0.5) is 0 Å². The fourth-order valence-corrected chi connectivity index (χ4v) is 3.40. The maximum absolute atomic E-state index is 12.9. The maximum Gasteiger partial charge on any atom is 0.295 e. The molecule has 2 heterocycles. The number of Topliss-reactive ketones (excluding diaryl/α,β-unsaturated/α-hetero) is 1. The quantitative estimate of drug-likeness (QED) is 0.225. The second-order valence-electron chi connectivity index (χ2n) is 6.74. The number of likely N-dealkylation sites (tertiary alicyclic amines) is 1. The molecule has 1 fully saturated rings. The average molecular weight is 408 g/mol. The number of hydrogen-bond acceptors (Lipinski definition) is 6. The number of carbonyl (C=O) groups is 2. The predicted octanol–water partition coefficient (Wildman–Crippen LogP) is 3.10. The van der Waals surface area contributed by atoms with Gasteiger partial charge in [-0.3, -0.25) is 14.6 Å². The van der Waals surface area contributed by atoms with E-state index in [2.05, 4.69) is 11.6 Å². The van der Waals surface area contributed by atoms with Crippen LogP contribution in [0.1, 0.15) is 23.6 Å². The van der Waals surface area contributed by atoms with Crippen LogP contribution in [0.5, 0.6) is 5.75 Å². The second kappa shape index (κ2) is 9.84. The van der Waals surface area contributed by atoms with Gasteiger partial charge in [0.15, 0.2) is 0 Å². The highest BCUT2D eigenvalue weighted by atomic mass is 16.5. The minimum absolute atomic E-state index is 0.0587. The molecule has 1 amide bonds. The van der Waals surface area contributed by atoms with Crippen LogP contribution in [0.25, 0.3) is 5.76 Å². The summed E-state index contributed by atoms with van der Waals surface area (Å²) in [4.78, 5) is 31.1. The largest absolute Gasteiger partial charge is 0.507 e. The predicted molar refractivity (Wildman–Crippen MR) is 112 cm³/mol. The van der Waals surface area contributed by atoms with Crippen molar-refractivity contribution in [2.24, 2.45) is 0 Å². The number of methoxy groups -OCH3 is 1. The molecular formula is C23H24N2O5. The molecule has 0 spiro atoms. The Hall–Kier alpha value is -3.45. The summed E-state index contributed by atoms with van der Waals surface area (Å²) in [6.07, 6.45) is 5.25. The Kier molecular flexibility index (Phi) is 6.98. The Bertz CT molecular complexity index is 938. The number of ketones is 1. The number of aliphatic hydroxyl groups is 1. The van der Waals surface area contributed by atoms with Crippen LogP contribution in [0.15, 0.2) is 67.0 Å². The number of aromatic nitrogens is 1. The molecule has 0 bridgehead atoms. The Balaban J connectivity index is 2.04. The molecule has 1 aliphatic rings. The summed E-state index contributed by atoms with van der Waals surface area (Å²) in [5.41, 5.74) is 1.19. The lowest BCUT2D eigenvalue weighted by Crippen LogP contribution is -2.31. The van der Waals surface area contributed by atoms with Crippen molar-refractivity contribution in [3.63, 3.8) is 0 Å². The fraction of sp³-hybridized carbons (Fsp3) is 0.261. The van der Waals surface area contributed by atoms with Gasteiger partial charge in [0.25, 0.3) is 11.7 Å². The van der Waals surface area contributed by atoms with Crippen molar-refractivity contribution >= 4 is 17.4 Å². The highest BCUT2D eigenvalue weighted by molar-refractivity contribution is 6.46. The summed E-state index contributed by atoms with van der Waals surface area (Å²) in [6, 6.07) is 9.59. The number of pyridine rings is 1. The third kappa shape index (κ3) is 4.41. The number of hydrogen-bond donors (Lipinski definition) is 1. The monoisotopic (exact) mass is 408 g/mol. The smallest absolute Gasteiger partial charge is 0.295 e. The van der Waals surface area contributed by atoms with Gasteiger partial charge < -0.3 is 19.5 Å². The first-order valence-corrected chi connectivity index (χ1v) is 9.60. The molecule has 1 unspecified atom stereocenters. The second-order valence-corrected chi connectivity index (χ2v) is 6.74. The van der Waals surface area contributed by atoms with Gasteiger partial charge in [-0.15, -0.1) is 0 Å². The van der Waals surface area contributed by atoms with Crippen LogP contribution in [-0.4, -0.2) is 53.5 Å². The van der Waals surface area contributed by atoms with Gasteiger partial charge in [-0.05, 0) is 36.2 Å². The van der Waals surface area contributed by atoms with Crippen LogP contribution >= 0.6 is 0 Å². The van der Waals surface area contributed by atoms with Crippen LogP contribution in [0.3, 0.4) is 0 Å². The molecule has 156 valence electrons. The summed E-state index contributed by atoms with van der Waals surface area (Å²) in [5, 5.41) is 10.9.